The molecule has 7 nitrogen and oxygen atoms in total. The summed E-state index contributed by atoms with van der Waals surface area (Å²) in [5, 5.41) is 3.28. The maximum Gasteiger partial charge on any atom is 0.257 e. The predicted octanol–water partition coefficient (Wildman–Crippen LogP) is 4.18. The molecule has 1 saturated heterocycles. The zero-order valence-electron chi connectivity index (χ0n) is 17.7. The number of hydrogen-bond donors (Lipinski definition) is 1. The van der Waals surface area contributed by atoms with Crippen LogP contribution in [-0.4, -0.2) is 49.8 Å². The average Bonchev–Trinajstić information content (AvgIpc) is 3.44. The number of sulfonamides is 1. The number of fused-ring (bicyclic) bond motifs is 1. The first kappa shape index (κ1) is 21.7. The summed E-state index contributed by atoms with van der Waals surface area (Å²) in [6.07, 6.45) is 1.79. The number of rotatable bonds is 7. The van der Waals surface area contributed by atoms with Crippen LogP contribution < -0.4 is 10.2 Å². The summed E-state index contributed by atoms with van der Waals surface area (Å²) in [7, 11) is -3.48. The van der Waals surface area contributed by atoms with E-state index in [1.165, 1.54) is 15.6 Å². The van der Waals surface area contributed by atoms with Crippen molar-refractivity contribution in [1.82, 2.24) is 9.29 Å². The van der Waals surface area contributed by atoms with Crippen molar-refractivity contribution in [3.63, 3.8) is 0 Å². The first-order valence-corrected chi connectivity index (χ1v) is 12.7. The van der Waals surface area contributed by atoms with Crippen LogP contribution in [0, 0.1) is 0 Å². The zero-order chi connectivity index (χ0) is 22.0. The Bertz CT molecular complexity index is 1180. The quantitative estimate of drug-likeness (QED) is 0.574. The fraction of sp³-hybridized carbons (Fsp3) is 0.364. The highest BCUT2D eigenvalue weighted by Crippen LogP contribution is 2.30. The summed E-state index contributed by atoms with van der Waals surface area (Å²) < 4.78 is 27.9. The van der Waals surface area contributed by atoms with Crippen molar-refractivity contribution in [2.75, 3.05) is 36.4 Å². The fourth-order valence-corrected chi connectivity index (χ4v) is 6.30. The van der Waals surface area contributed by atoms with Crippen molar-refractivity contribution >= 4 is 48.3 Å². The number of benzene rings is 2. The van der Waals surface area contributed by atoms with E-state index >= 15 is 0 Å². The summed E-state index contributed by atoms with van der Waals surface area (Å²) in [5.41, 5.74) is 2.29. The van der Waals surface area contributed by atoms with E-state index in [9.17, 15) is 13.2 Å². The minimum Gasteiger partial charge on any atom is -0.372 e. The summed E-state index contributed by atoms with van der Waals surface area (Å²) in [6.45, 7) is 7.14. The molecule has 1 aliphatic rings. The third-order valence-electron chi connectivity index (χ3n) is 5.54. The Hall–Kier alpha value is -2.49. The van der Waals surface area contributed by atoms with Crippen molar-refractivity contribution in [2.45, 2.75) is 31.6 Å². The molecule has 1 aromatic heterocycles. The Balaban J connectivity index is 1.52. The monoisotopic (exact) mass is 458 g/mol. The van der Waals surface area contributed by atoms with E-state index < -0.39 is 10.0 Å². The molecule has 1 amide bonds. The third-order valence-corrected chi connectivity index (χ3v) is 8.37. The normalized spacial score (nSPS) is 14.8. The standard InChI is InChI=1S/C22H26N4O3S2/c1-3-25(4-2)17-9-7-16(8-10-17)21(27)24-22-23-19-12-11-18(15-20(19)30-22)31(28,29)26-13-5-6-14-26/h7-12,15H,3-6,13-14H2,1-2H3,(H,23,24,27). The van der Waals surface area contributed by atoms with Crippen LogP contribution >= 0.6 is 11.3 Å². The molecule has 0 spiro atoms. The van der Waals surface area contributed by atoms with Gasteiger partial charge in [0.2, 0.25) is 10.0 Å². The minimum atomic E-state index is -3.48. The van der Waals surface area contributed by atoms with Gasteiger partial charge in [0, 0.05) is 37.4 Å². The van der Waals surface area contributed by atoms with Crippen molar-refractivity contribution in [3.8, 4) is 0 Å². The Labute approximate surface area is 186 Å². The number of thiazole rings is 1. The predicted molar refractivity (Wildman–Crippen MR) is 126 cm³/mol. The van der Waals surface area contributed by atoms with Crippen LogP contribution in [-0.2, 0) is 10.0 Å². The Morgan fingerprint density at radius 2 is 1.77 bits per heavy atom. The number of hydrogen-bond acceptors (Lipinski definition) is 6. The van der Waals surface area contributed by atoms with Gasteiger partial charge in [-0.1, -0.05) is 11.3 Å². The van der Waals surface area contributed by atoms with E-state index in [-0.39, 0.29) is 10.8 Å². The molecule has 31 heavy (non-hydrogen) atoms. The molecule has 9 heteroatoms. The molecule has 1 aliphatic heterocycles. The number of amides is 1. The largest absolute Gasteiger partial charge is 0.372 e. The molecule has 3 aromatic rings. The van der Waals surface area contributed by atoms with Gasteiger partial charge in [0.25, 0.3) is 5.91 Å². The van der Waals surface area contributed by atoms with Crippen LogP contribution in [0.15, 0.2) is 47.4 Å². The maximum absolute atomic E-state index is 12.8. The first-order chi connectivity index (χ1) is 14.9. The summed E-state index contributed by atoms with van der Waals surface area (Å²) in [6, 6.07) is 12.4. The van der Waals surface area contributed by atoms with Gasteiger partial charge in [-0.3, -0.25) is 10.1 Å². The number of aromatic nitrogens is 1. The zero-order valence-corrected chi connectivity index (χ0v) is 19.3. The lowest BCUT2D eigenvalue weighted by Gasteiger charge is -2.20. The molecule has 1 fully saturated rings. The Morgan fingerprint density at radius 3 is 2.42 bits per heavy atom. The van der Waals surface area contributed by atoms with Gasteiger partial charge in [-0.05, 0) is 69.2 Å². The van der Waals surface area contributed by atoms with Crippen LogP contribution in [0.5, 0.6) is 0 Å². The fourth-order valence-electron chi connectivity index (χ4n) is 3.78. The van der Waals surface area contributed by atoms with E-state index in [1.54, 1.807) is 30.3 Å². The van der Waals surface area contributed by atoms with Gasteiger partial charge >= 0.3 is 0 Å². The summed E-state index contributed by atoms with van der Waals surface area (Å²) in [5.74, 6) is -0.241. The highest BCUT2D eigenvalue weighted by Gasteiger charge is 2.27. The molecular weight excluding hydrogens is 432 g/mol. The van der Waals surface area contributed by atoms with Crippen molar-refractivity contribution in [3.05, 3.63) is 48.0 Å². The SMILES string of the molecule is CCN(CC)c1ccc(C(=O)Nc2nc3ccc(S(=O)(=O)N4CCCC4)cc3s2)cc1. The molecule has 0 radical (unpaired) electrons. The molecule has 2 heterocycles. The molecule has 4 rings (SSSR count). The number of nitrogens with zero attached hydrogens (tertiary/aromatic N) is 3. The average molecular weight is 459 g/mol. The molecule has 0 bridgehead atoms. The molecule has 0 saturated carbocycles. The van der Waals surface area contributed by atoms with Crippen LogP contribution in [0.3, 0.4) is 0 Å². The van der Waals surface area contributed by atoms with Gasteiger partial charge in [0.15, 0.2) is 5.13 Å². The summed E-state index contributed by atoms with van der Waals surface area (Å²) >= 11 is 1.27. The molecule has 0 aliphatic carbocycles. The van der Waals surface area contributed by atoms with Crippen LogP contribution in [0.25, 0.3) is 10.2 Å². The van der Waals surface area contributed by atoms with E-state index in [2.05, 4.69) is 29.0 Å². The second-order valence-corrected chi connectivity index (χ2v) is 10.4. The molecular formula is C22H26N4O3S2. The molecule has 0 unspecified atom stereocenters. The molecule has 2 aromatic carbocycles. The lowest BCUT2D eigenvalue weighted by molar-refractivity contribution is 0.102. The van der Waals surface area contributed by atoms with E-state index in [0.29, 0.717) is 29.3 Å². The Kier molecular flexibility index (Phi) is 6.27. The lowest BCUT2D eigenvalue weighted by atomic mass is 10.2. The van der Waals surface area contributed by atoms with Gasteiger partial charge < -0.3 is 4.90 Å². The summed E-state index contributed by atoms with van der Waals surface area (Å²) in [4.78, 5) is 19.6. The highest BCUT2D eigenvalue weighted by atomic mass is 32.2. The van der Waals surface area contributed by atoms with Crippen molar-refractivity contribution in [1.29, 1.82) is 0 Å². The first-order valence-electron chi connectivity index (χ1n) is 10.5. The van der Waals surface area contributed by atoms with Crippen LogP contribution in [0.2, 0.25) is 0 Å². The Morgan fingerprint density at radius 1 is 1.10 bits per heavy atom. The topological polar surface area (TPSA) is 82.6 Å². The van der Waals surface area contributed by atoms with Crippen LogP contribution in [0.1, 0.15) is 37.0 Å². The van der Waals surface area contributed by atoms with Gasteiger partial charge in [0.05, 0.1) is 15.1 Å². The molecule has 0 atom stereocenters. The maximum atomic E-state index is 12.8. The number of anilines is 2. The van der Waals surface area contributed by atoms with Gasteiger partial charge in [-0.25, -0.2) is 13.4 Å². The highest BCUT2D eigenvalue weighted by molar-refractivity contribution is 7.89. The number of nitrogens with one attached hydrogen (secondary N) is 1. The smallest absolute Gasteiger partial charge is 0.257 e. The minimum absolute atomic E-state index is 0.241. The second kappa shape index (κ2) is 8.94. The van der Waals surface area contributed by atoms with E-state index in [1.807, 2.05) is 12.1 Å². The van der Waals surface area contributed by atoms with Gasteiger partial charge in [0.1, 0.15) is 0 Å². The number of carbonyl (C=O) groups is 1. The van der Waals surface area contributed by atoms with E-state index in [4.69, 9.17) is 0 Å². The van der Waals surface area contributed by atoms with Crippen molar-refractivity contribution < 1.29 is 13.2 Å². The lowest BCUT2D eigenvalue weighted by Crippen LogP contribution is -2.27. The van der Waals surface area contributed by atoms with Crippen LogP contribution in [0.4, 0.5) is 10.8 Å². The van der Waals surface area contributed by atoms with Gasteiger partial charge in [-0.15, -0.1) is 0 Å². The third kappa shape index (κ3) is 4.44. The molecule has 1 N–H and O–H groups in total. The second-order valence-electron chi connectivity index (χ2n) is 7.43. The molecule has 164 valence electrons. The van der Waals surface area contributed by atoms with Crippen molar-refractivity contribution in [2.24, 2.45) is 0 Å². The van der Waals surface area contributed by atoms with E-state index in [0.717, 1.165) is 36.3 Å². The van der Waals surface area contributed by atoms with Gasteiger partial charge in [-0.2, -0.15) is 4.31 Å². The number of carbonyl (C=O) groups excluding carboxylic acids is 1.